The second kappa shape index (κ2) is 10.3. The first kappa shape index (κ1) is 24.8. The van der Waals surface area contributed by atoms with Crippen molar-refractivity contribution >= 4 is 33.4 Å². The predicted octanol–water partition coefficient (Wildman–Crippen LogP) is 6.24. The monoisotopic (exact) mass is 557 g/mol. The molecule has 3 aromatic carbocycles. The molecule has 37 heavy (non-hydrogen) atoms. The molecule has 1 aromatic heterocycles. The highest BCUT2D eigenvalue weighted by atomic mass is 79.9. The van der Waals surface area contributed by atoms with E-state index in [2.05, 4.69) is 20.5 Å². The number of ether oxygens (including phenoxy) is 1. The summed E-state index contributed by atoms with van der Waals surface area (Å²) in [6.45, 7) is 3.81. The third-order valence-corrected chi connectivity index (χ3v) is 7.17. The fourth-order valence-corrected chi connectivity index (χ4v) is 5.26. The van der Waals surface area contributed by atoms with Gasteiger partial charge in [-0.2, -0.15) is 0 Å². The van der Waals surface area contributed by atoms with Crippen LogP contribution in [0.5, 0.6) is 5.75 Å². The van der Waals surface area contributed by atoms with Crippen molar-refractivity contribution in [3.63, 3.8) is 0 Å². The molecule has 2 amide bonds. The van der Waals surface area contributed by atoms with Gasteiger partial charge in [0.05, 0.1) is 24.2 Å². The van der Waals surface area contributed by atoms with Gasteiger partial charge in [-0.1, -0.05) is 46.3 Å². The molecule has 5 rings (SSSR count). The maximum Gasteiger partial charge on any atom is 0.254 e. The standard InChI is InChI=1S/C30H28BrN3O3/c1-20(2)33(30(36)22-8-6-9-23(31)18-22)19-28(35)34-26-11-5-4-10-25(26)32-17-7-12-27(32)29(34)21-13-15-24(37-3)16-14-21/h4-18,20,29H,19H2,1-3H3. The molecule has 1 aliphatic rings. The number of amides is 2. The van der Waals surface area contributed by atoms with E-state index in [0.29, 0.717) is 5.56 Å². The molecule has 0 bridgehead atoms. The van der Waals surface area contributed by atoms with Gasteiger partial charge in [-0.15, -0.1) is 0 Å². The lowest BCUT2D eigenvalue weighted by atomic mass is 9.97. The lowest BCUT2D eigenvalue weighted by Gasteiger charge is -2.40. The van der Waals surface area contributed by atoms with E-state index in [4.69, 9.17) is 4.74 Å². The maximum absolute atomic E-state index is 14.2. The number of hydrogen-bond donors (Lipinski definition) is 0. The van der Waals surface area contributed by atoms with Crippen LogP contribution in [-0.2, 0) is 4.79 Å². The smallest absolute Gasteiger partial charge is 0.254 e. The number of nitrogens with zero attached hydrogens (tertiary/aromatic N) is 3. The minimum Gasteiger partial charge on any atom is -0.497 e. The van der Waals surface area contributed by atoms with Crippen LogP contribution >= 0.6 is 15.9 Å². The van der Waals surface area contributed by atoms with Gasteiger partial charge >= 0.3 is 0 Å². The van der Waals surface area contributed by atoms with Crippen molar-refractivity contribution in [2.75, 3.05) is 18.6 Å². The molecule has 1 atom stereocenters. The van der Waals surface area contributed by atoms with Crippen LogP contribution in [0.25, 0.3) is 5.69 Å². The van der Waals surface area contributed by atoms with E-state index in [1.807, 2.05) is 97.7 Å². The molecule has 0 saturated carbocycles. The first-order valence-corrected chi connectivity index (χ1v) is 13.0. The van der Waals surface area contributed by atoms with Crippen LogP contribution in [0.3, 0.4) is 0 Å². The lowest BCUT2D eigenvalue weighted by Crippen LogP contribution is -2.48. The molecule has 0 N–H and O–H groups in total. The van der Waals surface area contributed by atoms with Crippen LogP contribution in [0.4, 0.5) is 5.69 Å². The molecule has 1 unspecified atom stereocenters. The number of methoxy groups -OCH3 is 1. The maximum atomic E-state index is 14.2. The van der Waals surface area contributed by atoms with Crippen molar-refractivity contribution in [3.8, 4) is 11.4 Å². The molecule has 7 heteroatoms. The van der Waals surface area contributed by atoms with Gasteiger partial charge in [0, 0.05) is 22.3 Å². The highest BCUT2D eigenvalue weighted by Crippen LogP contribution is 2.42. The number of halogens is 1. The number of hydrogen-bond acceptors (Lipinski definition) is 3. The van der Waals surface area contributed by atoms with E-state index in [9.17, 15) is 9.59 Å². The average molecular weight is 558 g/mol. The summed E-state index contributed by atoms with van der Waals surface area (Å²) >= 11 is 3.45. The lowest BCUT2D eigenvalue weighted by molar-refractivity contribution is -0.120. The summed E-state index contributed by atoms with van der Waals surface area (Å²) in [5, 5.41) is 0. The summed E-state index contributed by atoms with van der Waals surface area (Å²) in [5.74, 6) is 0.413. The first-order valence-electron chi connectivity index (χ1n) is 12.2. The van der Waals surface area contributed by atoms with E-state index in [-0.39, 0.29) is 30.4 Å². The molecule has 2 heterocycles. The molecule has 0 radical (unpaired) electrons. The Morgan fingerprint density at radius 2 is 1.68 bits per heavy atom. The summed E-state index contributed by atoms with van der Waals surface area (Å²) in [4.78, 5) is 31.2. The molecule has 188 valence electrons. The van der Waals surface area contributed by atoms with E-state index >= 15 is 0 Å². The van der Waals surface area contributed by atoms with Gasteiger partial charge in [0.2, 0.25) is 5.91 Å². The highest BCUT2D eigenvalue weighted by molar-refractivity contribution is 9.10. The second-order valence-electron chi connectivity index (χ2n) is 9.27. The normalized spacial score (nSPS) is 14.2. The fraction of sp³-hybridized carbons (Fsp3) is 0.200. The van der Waals surface area contributed by atoms with Crippen LogP contribution < -0.4 is 9.64 Å². The largest absolute Gasteiger partial charge is 0.497 e. The Hall–Kier alpha value is -3.84. The van der Waals surface area contributed by atoms with Crippen LogP contribution in [0.1, 0.15) is 41.5 Å². The summed E-state index contributed by atoms with van der Waals surface area (Å²) in [7, 11) is 1.63. The number of aromatic nitrogens is 1. The Bertz CT molecular complexity index is 1440. The van der Waals surface area contributed by atoms with Gasteiger partial charge in [-0.25, -0.2) is 0 Å². The van der Waals surface area contributed by atoms with E-state index < -0.39 is 0 Å². The van der Waals surface area contributed by atoms with Gasteiger partial charge in [-0.05, 0) is 74.0 Å². The third kappa shape index (κ3) is 4.67. The molecule has 0 spiro atoms. The number of benzene rings is 3. The van der Waals surface area contributed by atoms with Crippen molar-refractivity contribution in [3.05, 3.63) is 112 Å². The Morgan fingerprint density at radius 3 is 2.35 bits per heavy atom. The number of carbonyl (C=O) groups is 2. The van der Waals surface area contributed by atoms with E-state index in [1.165, 1.54) is 0 Å². The molecule has 0 aliphatic carbocycles. The number of fused-ring (bicyclic) bond motifs is 3. The zero-order valence-corrected chi connectivity index (χ0v) is 22.6. The Morgan fingerprint density at radius 1 is 0.946 bits per heavy atom. The Kier molecular flexibility index (Phi) is 6.89. The van der Waals surface area contributed by atoms with Gasteiger partial charge in [0.25, 0.3) is 5.91 Å². The van der Waals surface area contributed by atoms with E-state index in [1.54, 1.807) is 24.1 Å². The van der Waals surface area contributed by atoms with Crippen molar-refractivity contribution in [2.45, 2.75) is 25.9 Å². The minimum atomic E-state index is -0.363. The third-order valence-electron chi connectivity index (χ3n) is 6.68. The topological polar surface area (TPSA) is 54.8 Å². The molecule has 4 aromatic rings. The summed E-state index contributed by atoms with van der Waals surface area (Å²) < 4.78 is 8.31. The molecular formula is C30H28BrN3O3. The van der Waals surface area contributed by atoms with Gasteiger partial charge < -0.3 is 14.2 Å². The molecule has 0 saturated heterocycles. The van der Waals surface area contributed by atoms with Crippen LogP contribution in [0.2, 0.25) is 0 Å². The average Bonchev–Trinajstić information content (AvgIpc) is 3.40. The highest BCUT2D eigenvalue weighted by Gasteiger charge is 2.37. The SMILES string of the molecule is COc1ccc(C2c3cccn3-c3ccccc3N2C(=O)CN(C(=O)c2cccc(Br)c2)C(C)C)cc1. The predicted molar refractivity (Wildman–Crippen MR) is 148 cm³/mol. The van der Waals surface area contributed by atoms with Crippen LogP contribution in [0.15, 0.2) is 95.6 Å². The minimum absolute atomic E-state index is 0.0509. The molecule has 6 nitrogen and oxygen atoms in total. The Balaban J connectivity index is 1.57. The van der Waals surface area contributed by atoms with Crippen molar-refractivity contribution < 1.29 is 14.3 Å². The Labute approximate surface area is 225 Å². The first-order chi connectivity index (χ1) is 17.9. The summed E-state index contributed by atoms with van der Waals surface area (Å²) in [6.07, 6.45) is 2.02. The zero-order chi connectivity index (χ0) is 26.1. The number of anilines is 1. The quantitative estimate of drug-likeness (QED) is 0.282. The van der Waals surface area contributed by atoms with E-state index in [0.717, 1.165) is 32.9 Å². The fourth-order valence-electron chi connectivity index (χ4n) is 4.86. The summed E-state index contributed by atoms with van der Waals surface area (Å²) in [5.41, 5.74) is 4.20. The van der Waals surface area contributed by atoms with Gasteiger partial charge in [0.15, 0.2) is 0 Å². The van der Waals surface area contributed by atoms with Crippen LogP contribution in [-0.4, -0.2) is 41.0 Å². The molecular weight excluding hydrogens is 530 g/mol. The number of rotatable bonds is 6. The molecule has 1 aliphatic heterocycles. The van der Waals surface area contributed by atoms with Crippen molar-refractivity contribution in [1.82, 2.24) is 9.47 Å². The van der Waals surface area contributed by atoms with Crippen molar-refractivity contribution in [2.24, 2.45) is 0 Å². The zero-order valence-electron chi connectivity index (χ0n) is 21.0. The second-order valence-corrected chi connectivity index (χ2v) is 10.2. The summed E-state index contributed by atoms with van der Waals surface area (Å²) in [6, 6.07) is 26.4. The molecule has 0 fully saturated rings. The number of carbonyl (C=O) groups excluding carboxylic acids is 2. The van der Waals surface area contributed by atoms with Gasteiger partial charge in [0.1, 0.15) is 18.3 Å². The number of para-hydroxylation sites is 2. The van der Waals surface area contributed by atoms with Gasteiger partial charge in [-0.3, -0.25) is 14.5 Å². The van der Waals surface area contributed by atoms with Crippen molar-refractivity contribution in [1.29, 1.82) is 0 Å². The van der Waals surface area contributed by atoms with Crippen LogP contribution in [0, 0.1) is 0 Å².